The van der Waals surface area contributed by atoms with Crippen LogP contribution >= 0.6 is 0 Å². The van der Waals surface area contributed by atoms with Gasteiger partial charge in [0.15, 0.2) is 0 Å². The number of aromatic nitrogens is 1. The number of piperidine rings is 1. The topological polar surface area (TPSA) is 94.5 Å². The van der Waals surface area contributed by atoms with Gasteiger partial charge in [-0.05, 0) is 45.7 Å². The fraction of sp³-hybridized carbons (Fsp3) is 0.600. The molecule has 21 heavy (non-hydrogen) atoms. The highest BCUT2D eigenvalue weighted by Gasteiger charge is 2.24. The molecule has 4 N–H and O–H groups in total. The van der Waals surface area contributed by atoms with E-state index >= 15 is 0 Å². The Hall–Kier alpha value is -1.98. The van der Waals surface area contributed by atoms with E-state index in [2.05, 4.69) is 9.88 Å². The van der Waals surface area contributed by atoms with Crippen LogP contribution in [0.25, 0.3) is 0 Å². The van der Waals surface area contributed by atoms with Crippen molar-refractivity contribution in [2.24, 2.45) is 11.7 Å². The molecule has 0 saturated carbocycles. The molecule has 2 rings (SSSR count). The Bertz CT molecular complexity index is 517. The van der Waals surface area contributed by atoms with E-state index in [0.717, 1.165) is 31.7 Å². The third-order valence-corrected chi connectivity index (χ3v) is 3.50. The number of rotatable bonds is 3. The third kappa shape index (κ3) is 4.00. The first kappa shape index (κ1) is 15.4. The van der Waals surface area contributed by atoms with Gasteiger partial charge in [0.2, 0.25) is 11.8 Å². The number of nitrogens with two attached hydrogens (primary N) is 2. The van der Waals surface area contributed by atoms with Crippen molar-refractivity contribution in [3.05, 3.63) is 12.1 Å². The molecule has 0 unspecified atom stereocenters. The summed E-state index contributed by atoms with van der Waals surface area (Å²) in [6.07, 6.45) is 1.52. The van der Waals surface area contributed by atoms with E-state index in [1.165, 1.54) is 0 Å². The van der Waals surface area contributed by atoms with E-state index in [4.69, 9.17) is 16.2 Å². The van der Waals surface area contributed by atoms with Gasteiger partial charge >= 0.3 is 0 Å². The smallest absolute Gasteiger partial charge is 0.239 e. The van der Waals surface area contributed by atoms with Crippen LogP contribution in [0.3, 0.4) is 0 Å². The van der Waals surface area contributed by atoms with Crippen LogP contribution in [0.5, 0.6) is 5.88 Å². The molecule has 0 bridgehead atoms. The Morgan fingerprint density at radius 1 is 1.33 bits per heavy atom. The van der Waals surface area contributed by atoms with Crippen LogP contribution in [0.2, 0.25) is 0 Å². The second-order valence-corrected chi connectivity index (χ2v) is 6.44. The number of primary amides is 1. The van der Waals surface area contributed by atoms with Crippen molar-refractivity contribution in [2.75, 3.05) is 23.7 Å². The molecule has 1 aliphatic heterocycles. The first-order valence-electron chi connectivity index (χ1n) is 7.26. The molecule has 6 nitrogen and oxygen atoms in total. The number of ether oxygens (including phenoxy) is 1. The van der Waals surface area contributed by atoms with Crippen LogP contribution in [0.1, 0.15) is 33.6 Å². The van der Waals surface area contributed by atoms with Crippen molar-refractivity contribution in [2.45, 2.75) is 39.2 Å². The molecule has 0 radical (unpaired) electrons. The molecule has 1 aliphatic rings. The lowest BCUT2D eigenvalue weighted by Crippen LogP contribution is -2.39. The number of nitrogen functional groups attached to an aromatic ring is 1. The molecule has 0 aromatic carbocycles. The van der Waals surface area contributed by atoms with E-state index in [-0.39, 0.29) is 17.4 Å². The minimum Gasteiger partial charge on any atom is -0.470 e. The molecule has 0 aliphatic carbocycles. The first-order chi connectivity index (χ1) is 9.76. The summed E-state index contributed by atoms with van der Waals surface area (Å²) in [5.41, 5.74) is 11.5. The monoisotopic (exact) mass is 292 g/mol. The normalized spacial score (nSPS) is 16.8. The zero-order valence-electron chi connectivity index (χ0n) is 12.9. The van der Waals surface area contributed by atoms with Crippen molar-refractivity contribution in [3.8, 4) is 5.88 Å². The maximum Gasteiger partial charge on any atom is 0.239 e. The zero-order chi connectivity index (χ0) is 15.6. The van der Waals surface area contributed by atoms with Crippen molar-refractivity contribution < 1.29 is 9.53 Å². The molecule has 1 aromatic heterocycles. The van der Waals surface area contributed by atoms with Crippen LogP contribution < -0.4 is 21.1 Å². The second kappa shape index (κ2) is 5.79. The van der Waals surface area contributed by atoms with Gasteiger partial charge in [0.25, 0.3) is 0 Å². The largest absolute Gasteiger partial charge is 0.470 e. The number of anilines is 2. The van der Waals surface area contributed by atoms with Gasteiger partial charge in [-0.2, -0.15) is 4.98 Å². The van der Waals surface area contributed by atoms with Crippen LogP contribution in [0.4, 0.5) is 11.5 Å². The van der Waals surface area contributed by atoms with Crippen LogP contribution in [-0.4, -0.2) is 29.6 Å². The van der Waals surface area contributed by atoms with Crippen LogP contribution in [0.15, 0.2) is 12.1 Å². The lowest BCUT2D eigenvalue weighted by Gasteiger charge is -2.32. The SMILES string of the molecule is CC(C)(C)Oc1nc(N2CCC(C(N)=O)CC2)ccc1N. The number of pyridine rings is 1. The highest BCUT2D eigenvalue weighted by Crippen LogP contribution is 2.28. The van der Waals surface area contributed by atoms with Gasteiger partial charge in [-0.1, -0.05) is 0 Å². The maximum absolute atomic E-state index is 11.2. The minimum atomic E-state index is -0.349. The summed E-state index contributed by atoms with van der Waals surface area (Å²) in [6, 6.07) is 3.69. The Morgan fingerprint density at radius 2 is 1.95 bits per heavy atom. The second-order valence-electron chi connectivity index (χ2n) is 6.44. The molecule has 1 amide bonds. The van der Waals surface area contributed by atoms with E-state index in [9.17, 15) is 4.79 Å². The Morgan fingerprint density at radius 3 is 2.48 bits per heavy atom. The quantitative estimate of drug-likeness (QED) is 0.881. The summed E-state index contributed by atoms with van der Waals surface area (Å²) in [5, 5.41) is 0. The standard InChI is InChI=1S/C15H24N4O2/c1-15(2,3)21-14-11(16)4-5-12(18-14)19-8-6-10(7-9-19)13(17)20/h4-5,10H,6-9,16H2,1-3H3,(H2,17,20). The first-order valence-corrected chi connectivity index (χ1v) is 7.26. The molecule has 0 atom stereocenters. The van der Waals surface area contributed by atoms with Crippen LogP contribution in [0, 0.1) is 5.92 Å². The number of hydrogen-bond donors (Lipinski definition) is 2. The average Bonchev–Trinajstić information content (AvgIpc) is 2.40. The summed E-state index contributed by atoms with van der Waals surface area (Å²) in [5.74, 6) is 1.04. The van der Waals surface area contributed by atoms with E-state index in [1.807, 2.05) is 32.9 Å². The van der Waals surface area contributed by atoms with Gasteiger partial charge in [-0.15, -0.1) is 0 Å². The summed E-state index contributed by atoms with van der Waals surface area (Å²) in [7, 11) is 0. The predicted octanol–water partition coefficient (Wildman–Crippen LogP) is 1.54. The van der Waals surface area contributed by atoms with Gasteiger partial charge in [-0.3, -0.25) is 4.79 Å². The highest BCUT2D eigenvalue weighted by atomic mass is 16.5. The van der Waals surface area contributed by atoms with E-state index in [1.54, 1.807) is 0 Å². The zero-order valence-corrected chi connectivity index (χ0v) is 12.9. The molecule has 116 valence electrons. The van der Waals surface area contributed by atoms with Crippen molar-refractivity contribution in [3.63, 3.8) is 0 Å². The number of hydrogen-bond acceptors (Lipinski definition) is 5. The molecule has 1 saturated heterocycles. The van der Waals surface area contributed by atoms with Gasteiger partial charge < -0.3 is 21.1 Å². The summed E-state index contributed by atoms with van der Waals surface area (Å²) in [6.45, 7) is 7.40. The Kier molecular flexibility index (Phi) is 4.25. The molecule has 6 heteroatoms. The lowest BCUT2D eigenvalue weighted by atomic mass is 9.96. The number of nitrogens with zero attached hydrogens (tertiary/aromatic N) is 2. The van der Waals surface area contributed by atoms with E-state index in [0.29, 0.717) is 11.6 Å². The fourth-order valence-electron chi connectivity index (χ4n) is 2.38. The number of carbonyl (C=O) groups is 1. The lowest BCUT2D eigenvalue weighted by molar-refractivity contribution is -0.122. The fourth-order valence-corrected chi connectivity index (χ4v) is 2.38. The van der Waals surface area contributed by atoms with Gasteiger partial charge in [0, 0.05) is 19.0 Å². The van der Waals surface area contributed by atoms with Crippen molar-refractivity contribution in [1.29, 1.82) is 0 Å². The van der Waals surface area contributed by atoms with Gasteiger partial charge in [-0.25, -0.2) is 0 Å². The number of carbonyl (C=O) groups excluding carboxylic acids is 1. The summed E-state index contributed by atoms with van der Waals surface area (Å²) < 4.78 is 5.79. The highest BCUT2D eigenvalue weighted by molar-refractivity contribution is 5.77. The molecular weight excluding hydrogens is 268 g/mol. The van der Waals surface area contributed by atoms with E-state index < -0.39 is 0 Å². The third-order valence-electron chi connectivity index (χ3n) is 3.50. The number of amides is 1. The molecular formula is C15H24N4O2. The minimum absolute atomic E-state index is 0.0275. The van der Waals surface area contributed by atoms with Crippen molar-refractivity contribution in [1.82, 2.24) is 4.98 Å². The van der Waals surface area contributed by atoms with Crippen molar-refractivity contribution >= 4 is 17.4 Å². The maximum atomic E-state index is 11.2. The average molecular weight is 292 g/mol. The molecule has 1 aromatic rings. The Balaban J connectivity index is 2.11. The van der Waals surface area contributed by atoms with Gasteiger partial charge in [0.05, 0.1) is 5.69 Å². The molecule has 0 spiro atoms. The Labute approximate surface area is 125 Å². The summed E-state index contributed by atoms with van der Waals surface area (Å²) >= 11 is 0. The predicted molar refractivity (Wildman–Crippen MR) is 83.2 cm³/mol. The summed E-state index contributed by atoms with van der Waals surface area (Å²) in [4.78, 5) is 17.9. The molecule has 1 fully saturated rings. The van der Waals surface area contributed by atoms with Crippen LogP contribution in [-0.2, 0) is 4.79 Å². The molecule has 2 heterocycles. The van der Waals surface area contributed by atoms with Gasteiger partial charge in [0.1, 0.15) is 11.4 Å².